The van der Waals surface area contributed by atoms with Gasteiger partial charge in [-0.25, -0.2) is 0 Å². The van der Waals surface area contributed by atoms with Gasteiger partial charge in [0.05, 0.1) is 0 Å². The molecule has 0 aliphatic rings. The quantitative estimate of drug-likeness (QED) is 0.871. The third kappa shape index (κ3) is 4.04. The molecule has 21 heavy (non-hydrogen) atoms. The van der Waals surface area contributed by atoms with Crippen molar-refractivity contribution in [1.82, 2.24) is 4.57 Å². The summed E-state index contributed by atoms with van der Waals surface area (Å²) < 4.78 is 7.33. The monoisotopic (exact) mass is 304 g/mol. The van der Waals surface area contributed by atoms with Crippen molar-refractivity contribution in [3.8, 4) is 5.75 Å². The number of ether oxygens (including phenoxy) is 1. The minimum absolute atomic E-state index is 0.0433. The fourth-order valence-corrected chi connectivity index (χ4v) is 2.85. The van der Waals surface area contributed by atoms with Gasteiger partial charge >= 0.3 is 0 Å². The summed E-state index contributed by atoms with van der Waals surface area (Å²) in [6.07, 6.45) is 1.87. The number of amides is 1. The van der Waals surface area contributed by atoms with Crippen molar-refractivity contribution < 1.29 is 9.53 Å². The Morgan fingerprint density at radius 3 is 2.76 bits per heavy atom. The predicted octanol–water partition coefficient (Wildman–Crippen LogP) is 3.02. The average molecular weight is 304 g/mol. The fourth-order valence-electron chi connectivity index (χ4n) is 2.10. The van der Waals surface area contributed by atoms with E-state index >= 15 is 0 Å². The van der Waals surface area contributed by atoms with E-state index < -0.39 is 0 Å². The second-order valence-corrected chi connectivity index (χ2v) is 6.14. The zero-order valence-corrected chi connectivity index (χ0v) is 13.6. The maximum atomic E-state index is 11.8. The molecule has 0 spiro atoms. The molecule has 0 fully saturated rings. The van der Waals surface area contributed by atoms with Gasteiger partial charge < -0.3 is 9.30 Å². The van der Waals surface area contributed by atoms with Crippen LogP contribution in [0.15, 0.2) is 34.8 Å². The Bertz CT molecular complexity index is 698. The van der Waals surface area contributed by atoms with Crippen LogP contribution in [0, 0.1) is 6.92 Å². The highest BCUT2D eigenvalue weighted by Gasteiger charge is 2.06. The maximum Gasteiger partial charge on any atom is 0.286 e. The minimum Gasteiger partial charge on any atom is -0.484 e. The second kappa shape index (κ2) is 6.72. The van der Waals surface area contributed by atoms with E-state index in [-0.39, 0.29) is 12.5 Å². The van der Waals surface area contributed by atoms with Crippen molar-refractivity contribution in [3.05, 3.63) is 45.7 Å². The van der Waals surface area contributed by atoms with E-state index in [0.717, 1.165) is 0 Å². The van der Waals surface area contributed by atoms with Gasteiger partial charge in [0.2, 0.25) is 0 Å². The normalized spacial score (nSPS) is 12.0. The first-order valence-electron chi connectivity index (χ1n) is 6.88. The summed E-state index contributed by atoms with van der Waals surface area (Å²) in [5.41, 5.74) is 2.47. The number of carbonyl (C=O) groups is 1. The van der Waals surface area contributed by atoms with Gasteiger partial charge in [-0.2, -0.15) is 4.99 Å². The zero-order chi connectivity index (χ0) is 15.4. The van der Waals surface area contributed by atoms with Crippen molar-refractivity contribution in [2.24, 2.45) is 12.0 Å². The highest BCUT2D eigenvalue weighted by Crippen LogP contribution is 2.23. The second-order valence-electron chi connectivity index (χ2n) is 5.26. The van der Waals surface area contributed by atoms with E-state index in [4.69, 9.17) is 4.74 Å². The molecule has 2 rings (SSSR count). The molecule has 2 aromatic rings. The van der Waals surface area contributed by atoms with Crippen molar-refractivity contribution in [1.29, 1.82) is 0 Å². The fraction of sp³-hybridized carbons (Fsp3) is 0.375. The smallest absolute Gasteiger partial charge is 0.286 e. The molecule has 5 heteroatoms. The number of carbonyl (C=O) groups excluding carboxylic acids is 1. The number of hydrogen-bond acceptors (Lipinski definition) is 3. The Morgan fingerprint density at radius 1 is 1.43 bits per heavy atom. The lowest BCUT2D eigenvalue weighted by atomic mass is 9.98. The van der Waals surface area contributed by atoms with Crippen molar-refractivity contribution >= 4 is 17.2 Å². The van der Waals surface area contributed by atoms with E-state index in [9.17, 15) is 4.79 Å². The number of hydrogen-bond donors (Lipinski definition) is 0. The Morgan fingerprint density at radius 2 is 2.19 bits per heavy atom. The van der Waals surface area contributed by atoms with Crippen molar-refractivity contribution in [2.45, 2.75) is 26.7 Å². The van der Waals surface area contributed by atoms with Gasteiger partial charge in [0.15, 0.2) is 11.4 Å². The molecule has 0 saturated carbocycles. The van der Waals surface area contributed by atoms with Crippen LogP contribution in [0.25, 0.3) is 0 Å². The molecular weight excluding hydrogens is 284 g/mol. The highest BCUT2D eigenvalue weighted by molar-refractivity contribution is 7.07. The Labute approximate surface area is 128 Å². The molecule has 4 nitrogen and oxygen atoms in total. The summed E-state index contributed by atoms with van der Waals surface area (Å²) in [6, 6.07) is 5.92. The van der Waals surface area contributed by atoms with Crippen LogP contribution in [0.4, 0.5) is 0 Å². The average Bonchev–Trinajstić information content (AvgIpc) is 2.81. The Kier molecular flexibility index (Phi) is 4.96. The topological polar surface area (TPSA) is 43.6 Å². The summed E-state index contributed by atoms with van der Waals surface area (Å²) in [4.78, 5) is 16.5. The van der Waals surface area contributed by atoms with Crippen LogP contribution in [0.3, 0.4) is 0 Å². The number of aryl methyl sites for hydroxylation is 2. The molecule has 0 radical (unpaired) electrons. The van der Waals surface area contributed by atoms with Crippen LogP contribution in [0.5, 0.6) is 5.75 Å². The van der Waals surface area contributed by atoms with Gasteiger partial charge in [-0.1, -0.05) is 19.9 Å². The summed E-state index contributed by atoms with van der Waals surface area (Å²) in [5.74, 6) is 0.907. The molecule has 0 bridgehead atoms. The van der Waals surface area contributed by atoms with Crippen LogP contribution in [0.1, 0.15) is 30.9 Å². The number of benzene rings is 1. The van der Waals surface area contributed by atoms with Gasteiger partial charge in [0, 0.05) is 18.6 Å². The van der Waals surface area contributed by atoms with E-state index in [1.807, 2.05) is 35.3 Å². The lowest BCUT2D eigenvalue weighted by Crippen LogP contribution is -2.16. The molecule has 1 amide bonds. The van der Waals surface area contributed by atoms with Gasteiger partial charge in [-0.3, -0.25) is 4.79 Å². The Hall–Kier alpha value is -1.88. The number of thiazole rings is 1. The SMILES string of the molecule is Cc1cc(OCC(=O)N=c2sccn2C)ccc1C(C)C. The molecule has 1 heterocycles. The molecule has 0 atom stereocenters. The number of aromatic nitrogens is 1. The van der Waals surface area contributed by atoms with Crippen LogP contribution in [-0.4, -0.2) is 17.1 Å². The summed E-state index contributed by atoms with van der Waals surface area (Å²) >= 11 is 1.43. The molecule has 0 aliphatic heterocycles. The summed E-state index contributed by atoms with van der Waals surface area (Å²) in [5, 5.41) is 1.89. The van der Waals surface area contributed by atoms with Crippen molar-refractivity contribution in [2.75, 3.05) is 6.61 Å². The molecule has 0 unspecified atom stereocenters. The summed E-state index contributed by atoms with van der Waals surface area (Å²) in [6.45, 7) is 6.33. The number of nitrogens with zero attached hydrogens (tertiary/aromatic N) is 2. The highest BCUT2D eigenvalue weighted by atomic mass is 32.1. The maximum absolute atomic E-state index is 11.8. The predicted molar refractivity (Wildman–Crippen MR) is 84.6 cm³/mol. The van der Waals surface area contributed by atoms with Crippen LogP contribution < -0.4 is 9.54 Å². The van der Waals surface area contributed by atoms with E-state index in [1.165, 1.54) is 22.5 Å². The summed E-state index contributed by atoms with van der Waals surface area (Å²) in [7, 11) is 1.86. The molecule has 112 valence electrons. The first kappa shape index (κ1) is 15.5. The first-order chi connectivity index (χ1) is 9.97. The molecule has 0 aliphatic carbocycles. The van der Waals surface area contributed by atoms with Gasteiger partial charge in [0.25, 0.3) is 5.91 Å². The Balaban J connectivity index is 2.02. The van der Waals surface area contributed by atoms with Gasteiger partial charge in [-0.05, 0) is 36.1 Å². The largest absolute Gasteiger partial charge is 0.484 e. The van der Waals surface area contributed by atoms with Crippen molar-refractivity contribution in [3.63, 3.8) is 0 Å². The molecule has 0 saturated heterocycles. The zero-order valence-electron chi connectivity index (χ0n) is 12.8. The lowest BCUT2D eigenvalue weighted by molar-refractivity contribution is -0.120. The lowest BCUT2D eigenvalue weighted by Gasteiger charge is -2.11. The van der Waals surface area contributed by atoms with Gasteiger partial charge in [-0.15, -0.1) is 11.3 Å². The van der Waals surface area contributed by atoms with E-state index in [0.29, 0.717) is 16.5 Å². The minimum atomic E-state index is -0.279. The first-order valence-corrected chi connectivity index (χ1v) is 7.76. The van der Waals surface area contributed by atoms with Crippen LogP contribution >= 0.6 is 11.3 Å². The van der Waals surface area contributed by atoms with E-state index in [2.05, 4.69) is 31.8 Å². The van der Waals surface area contributed by atoms with E-state index in [1.54, 1.807) is 0 Å². The van der Waals surface area contributed by atoms with Crippen LogP contribution in [0.2, 0.25) is 0 Å². The third-order valence-corrected chi connectivity index (χ3v) is 4.05. The third-order valence-electron chi connectivity index (χ3n) is 3.21. The van der Waals surface area contributed by atoms with Crippen LogP contribution in [-0.2, 0) is 11.8 Å². The molecule has 0 N–H and O–H groups in total. The molecular formula is C16H20N2O2S. The molecule has 1 aromatic carbocycles. The number of rotatable bonds is 4. The standard InChI is InChI=1S/C16H20N2O2S/c1-11(2)14-6-5-13(9-12(14)3)20-10-15(19)17-16-18(4)7-8-21-16/h5-9,11H,10H2,1-4H3. The molecule has 1 aromatic heterocycles. The van der Waals surface area contributed by atoms with Gasteiger partial charge in [0.1, 0.15) is 5.75 Å².